The number of ether oxygens (including phenoxy) is 1. The fourth-order valence-corrected chi connectivity index (χ4v) is 2.19. The lowest BCUT2D eigenvalue weighted by Gasteiger charge is -2.21. The van der Waals surface area contributed by atoms with E-state index in [9.17, 15) is 4.39 Å². The Kier molecular flexibility index (Phi) is 5.09. The maximum absolute atomic E-state index is 13.7. The molecule has 2 aromatic carbocycles. The van der Waals surface area contributed by atoms with E-state index in [0.29, 0.717) is 18.8 Å². The van der Waals surface area contributed by atoms with Gasteiger partial charge in [-0.2, -0.15) is 0 Å². The number of methoxy groups -OCH3 is 1. The molecule has 0 aliphatic heterocycles. The quantitative estimate of drug-likeness (QED) is 0.851. The van der Waals surface area contributed by atoms with Gasteiger partial charge < -0.3 is 15.8 Å². The number of para-hydroxylation sites is 1. The summed E-state index contributed by atoms with van der Waals surface area (Å²) in [5, 5.41) is 3.16. The molecule has 2 rings (SSSR count). The van der Waals surface area contributed by atoms with Gasteiger partial charge in [0, 0.05) is 13.7 Å². The van der Waals surface area contributed by atoms with Gasteiger partial charge >= 0.3 is 0 Å². The van der Waals surface area contributed by atoms with Crippen molar-refractivity contribution in [1.29, 1.82) is 0 Å². The number of hydrogen-bond acceptors (Lipinski definition) is 3. The first-order chi connectivity index (χ1) is 9.76. The van der Waals surface area contributed by atoms with Crippen LogP contribution in [0.2, 0.25) is 0 Å². The highest BCUT2D eigenvalue weighted by Crippen LogP contribution is 2.24. The zero-order valence-corrected chi connectivity index (χ0v) is 11.5. The zero-order valence-electron chi connectivity index (χ0n) is 11.5. The number of nitrogens with two attached hydrogens (primary N) is 1. The van der Waals surface area contributed by atoms with E-state index in [1.807, 2.05) is 24.3 Å². The highest BCUT2D eigenvalue weighted by atomic mass is 19.1. The maximum atomic E-state index is 13.7. The number of hydrogen-bond donors (Lipinski definition) is 2. The number of benzene rings is 2. The van der Waals surface area contributed by atoms with Crippen molar-refractivity contribution in [2.45, 2.75) is 12.6 Å². The third kappa shape index (κ3) is 3.35. The van der Waals surface area contributed by atoms with Crippen molar-refractivity contribution in [3.05, 3.63) is 65.5 Å². The lowest BCUT2D eigenvalue weighted by Crippen LogP contribution is -2.22. The molecule has 0 spiro atoms. The lowest BCUT2D eigenvalue weighted by molar-refractivity contribution is 0.184. The second-order valence-corrected chi connectivity index (χ2v) is 4.54. The molecule has 0 saturated carbocycles. The van der Waals surface area contributed by atoms with E-state index in [1.165, 1.54) is 6.07 Å². The van der Waals surface area contributed by atoms with Crippen molar-refractivity contribution in [3.8, 4) is 0 Å². The average Bonchev–Trinajstić information content (AvgIpc) is 2.48. The summed E-state index contributed by atoms with van der Waals surface area (Å²) in [6.45, 7) is 0.876. The minimum atomic E-state index is -0.282. The lowest BCUT2D eigenvalue weighted by atomic mass is 10.0. The summed E-state index contributed by atoms with van der Waals surface area (Å²) < 4.78 is 18.9. The molecule has 2 aromatic rings. The Morgan fingerprint density at radius 3 is 2.55 bits per heavy atom. The van der Waals surface area contributed by atoms with Crippen LogP contribution in [0.3, 0.4) is 0 Å². The number of halogens is 1. The summed E-state index contributed by atoms with van der Waals surface area (Å²) >= 11 is 0. The van der Waals surface area contributed by atoms with Crippen molar-refractivity contribution < 1.29 is 9.13 Å². The van der Waals surface area contributed by atoms with Gasteiger partial charge in [0.25, 0.3) is 0 Å². The van der Waals surface area contributed by atoms with Gasteiger partial charge in [-0.25, -0.2) is 4.39 Å². The van der Waals surface area contributed by atoms with Crippen molar-refractivity contribution >= 4 is 5.69 Å². The van der Waals surface area contributed by atoms with Crippen molar-refractivity contribution in [3.63, 3.8) is 0 Å². The highest BCUT2D eigenvalue weighted by molar-refractivity contribution is 5.47. The third-order valence-electron chi connectivity index (χ3n) is 3.17. The van der Waals surface area contributed by atoms with Crippen LogP contribution >= 0.6 is 0 Å². The monoisotopic (exact) mass is 274 g/mol. The number of rotatable bonds is 6. The first kappa shape index (κ1) is 14.5. The first-order valence-electron chi connectivity index (χ1n) is 6.54. The van der Waals surface area contributed by atoms with Crippen molar-refractivity contribution in [2.24, 2.45) is 5.73 Å². The fraction of sp³-hybridized carbons (Fsp3) is 0.250. The largest absolute Gasteiger partial charge is 0.380 e. The summed E-state index contributed by atoms with van der Waals surface area (Å²) in [4.78, 5) is 0. The van der Waals surface area contributed by atoms with E-state index < -0.39 is 0 Å². The Morgan fingerprint density at radius 2 is 1.85 bits per heavy atom. The standard InChI is InChI=1S/C16H19FN2O/c1-20-11-12-6-2-3-7-13(12)16(10-18)19-15-9-5-4-8-14(15)17/h2-9,16,19H,10-11,18H2,1H3. The molecule has 0 amide bonds. The first-order valence-corrected chi connectivity index (χ1v) is 6.54. The van der Waals surface area contributed by atoms with Crippen LogP contribution in [0, 0.1) is 5.82 Å². The maximum Gasteiger partial charge on any atom is 0.146 e. The van der Waals surface area contributed by atoms with Gasteiger partial charge in [-0.05, 0) is 23.3 Å². The molecular weight excluding hydrogens is 255 g/mol. The van der Waals surface area contributed by atoms with Gasteiger partial charge in [-0.15, -0.1) is 0 Å². The second-order valence-electron chi connectivity index (χ2n) is 4.54. The van der Waals surface area contributed by atoms with Gasteiger partial charge in [0.15, 0.2) is 0 Å². The van der Waals surface area contributed by atoms with Crippen LogP contribution < -0.4 is 11.1 Å². The third-order valence-corrected chi connectivity index (χ3v) is 3.17. The van der Waals surface area contributed by atoms with E-state index in [4.69, 9.17) is 10.5 Å². The van der Waals surface area contributed by atoms with Crippen molar-refractivity contribution in [1.82, 2.24) is 0 Å². The molecule has 0 heterocycles. The average molecular weight is 274 g/mol. The highest BCUT2D eigenvalue weighted by Gasteiger charge is 2.14. The molecule has 0 bridgehead atoms. The Bertz CT molecular complexity index is 560. The Labute approximate surface area is 118 Å². The summed E-state index contributed by atoms with van der Waals surface area (Å²) in [5.74, 6) is -0.282. The molecule has 4 heteroatoms. The summed E-state index contributed by atoms with van der Waals surface area (Å²) in [7, 11) is 1.65. The molecule has 106 valence electrons. The van der Waals surface area contributed by atoms with Crippen LogP contribution in [0.1, 0.15) is 17.2 Å². The predicted molar refractivity (Wildman–Crippen MR) is 79.0 cm³/mol. The molecule has 3 nitrogen and oxygen atoms in total. The number of nitrogens with one attached hydrogen (secondary N) is 1. The van der Waals surface area contributed by atoms with E-state index in [0.717, 1.165) is 11.1 Å². The minimum absolute atomic E-state index is 0.154. The van der Waals surface area contributed by atoms with Crippen LogP contribution in [0.15, 0.2) is 48.5 Å². The van der Waals surface area contributed by atoms with Crippen LogP contribution in [0.25, 0.3) is 0 Å². The molecular formula is C16H19FN2O. The Morgan fingerprint density at radius 1 is 1.15 bits per heavy atom. The number of anilines is 1. The van der Waals surface area contributed by atoms with E-state index in [1.54, 1.807) is 25.3 Å². The van der Waals surface area contributed by atoms with Gasteiger partial charge in [-0.1, -0.05) is 36.4 Å². The molecule has 0 aliphatic rings. The van der Waals surface area contributed by atoms with Gasteiger partial charge in [-0.3, -0.25) is 0 Å². The zero-order chi connectivity index (χ0) is 14.4. The SMILES string of the molecule is COCc1ccccc1C(CN)Nc1ccccc1F. The molecule has 1 atom stereocenters. The van der Waals surface area contributed by atoms with Gasteiger partial charge in [0.05, 0.1) is 18.3 Å². The molecule has 0 fully saturated rings. The van der Waals surface area contributed by atoms with Crippen molar-refractivity contribution in [2.75, 3.05) is 19.0 Å². The Balaban J connectivity index is 2.27. The summed E-state index contributed by atoms with van der Waals surface area (Å²) in [6, 6.07) is 14.3. The molecule has 3 N–H and O–H groups in total. The molecule has 0 saturated heterocycles. The minimum Gasteiger partial charge on any atom is -0.380 e. The summed E-state index contributed by atoms with van der Waals surface area (Å²) in [6.07, 6.45) is 0. The van der Waals surface area contributed by atoms with E-state index >= 15 is 0 Å². The van der Waals surface area contributed by atoms with Crippen LogP contribution in [-0.4, -0.2) is 13.7 Å². The predicted octanol–water partition coefficient (Wildman–Crippen LogP) is 3.08. The van der Waals surface area contributed by atoms with E-state index in [2.05, 4.69) is 5.32 Å². The molecule has 0 aliphatic carbocycles. The smallest absolute Gasteiger partial charge is 0.146 e. The Hall–Kier alpha value is -1.91. The normalized spacial score (nSPS) is 12.2. The van der Waals surface area contributed by atoms with Crippen LogP contribution in [0.4, 0.5) is 10.1 Å². The molecule has 0 aromatic heterocycles. The summed E-state index contributed by atoms with van der Waals surface area (Å²) in [5.41, 5.74) is 8.37. The van der Waals surface area contributed by atoms with Crippen LogP contribution in [0.5, 0.6) is 0 Å². The second kappa shape index (κ2) is 7.03. The van der Waals surface area contributed by atoms with E-state index in [-0.39, 0.29) is 11.9 Å². The topological polar surface area (TPSA) is 47.3 Å². The van der Waals surface area contributed by atoms with Crippen LogP contribution in [-0.2, 0) is 11.3 Å². The molecule has 20 heavy (non-hydrogen) atoms. The molecule has 0 radical (unpaired) electrons. The molecule has 1 unspecified atom stereocenters. The van der Waals surface area contributed by atoms with Gasteiger partial charge in [0.2, 0.25) is 0 Å². The fourth-order valence-electron chi connectivity index (χ4n) is 2.19. The van der Waals surface area contributed by atoms with Gasteiger partial charge in [0.1, 0.15) is 5.82 Å².